The number of nitrogens with zero attached hydrogens (tertiary/aromatic N) is 2. The quantitative estimate of drug-likeness (QED) is 0.774. The molecule has 0 spiro atoms. The van der Waals surface area contributed by atoms with Crippen LogP contribution in [-0.2, 0) is 0 Å². The Morgan fingerprint density at radius 2 is 2.30 bits per heavy atom. The highest BCUT2D eigenvalue weighted by atomic mass is 32.1. The number of hydrogen-bond donors (Lipinski definition) is 2. The van der Waals surface area contributed by atoms with Crippen LogP contribution in [-0.4, -0.2) is 21.1 Å². The molecule has 0 aliphatic carbocycles. The van der Waals surface area contributed by atoms with Crippen molar-refractivity contribution in [3.05, 3.63) is 46.5 Å². The summed E-state index contributed by atoms with van der Waals surface area (Å²) < 4.78 is 0. The molecule has 2 N–H and O–H groups in total. The van der Waals surface area contributed by atoms with Crippen molar-refractivity contribution in [3.63, 3.8) is 0 Å². The molecule has 0 bridgehead atoms. The Kier molecular flexibility index (Phi) is 3.47. The normalized spacial score (nSPS) is 12.4. The van der Waals surface area contributed by atoms with Crippen LogP contribution in [0.3, 0.4) is 0 Å². The second-order valence-electron chi connectivity index (χ2n) is 4.42. The van der Waals surface area contributed by atoms with Gasteiger partial charge in [-0.05, 0) is 12.5 Å². The van der Waals surface area contributed by atoms with Crippen molar-refractivity contribution in [1.82, 2.24) is 20.5 Å². The van der Waals surface area contributed by atoms with Gasteiger partial charge in [0.2, 0.25) is 0 Å². The minimum Gasteiger partial charge on any atom is -0.341 e. The molecule has 20 heavy (non-hydrogen) atoms. The van der Waals surface area contributed by atoms with Gasteiger partial charge in [-0.25, -0.2) is 4.98 Å². The van der Waals surface area contributed by atoms with E-state index in [-0.39, 0.29) is 11.9 Å². The number of rotatable bonds is 4. The molecule has 0 radical (unpaired) electrons. The molecule has 0 aliphatic rings. The lowest BCUT2D eigenvalue weighted by molar-refractivity contribution is 0.0932. The van der Waals surface area contributed by atoms with Crippen molar-refractivity contribution in [1.29, 1.82) is 0 Å². The number of amides is 1. The molecule has 1 amide bonds. The average Bonchev–Trinajstić information content (AvgIpc) is 3.13. The van der Waals surface area contributed by atoms with Gasteiger partial charge >= 0.3 is 0 Å². The Hall–Kier alpha value is -2.21. The number of nitrogens with one attached hydrogen (secondary N) is 2. The summed E-state index contributed by atoms with van der Waals surface area (Å²) >= 11 is 1.54. The fourth-order valence-electron chi connectivity index (χ4n) is 2.11. The highest BCUT2D eigenvalue weighted by molar-refractivity contribution is 7.09. The first kappa shape index (κ1) is 12.8. The minimum absolute atomic E-state index is 0.0713. The lowest BCUT2D eigenvalue weighted by Gasteiger charge is -2.13. The van der Waals surface area contributed by atoms with Crippen LogP contribution >= 0.6 is 11.3 Å². The lowest BCUT2D eigenvalue weighted by Crippen LogP contribution is -2.28. The smallest absolute Gasteiger partial charge is 0.272 e. The SMILES string of the molecule is CCC(NC(=O)c1n[nH]c2ccccc12)c1nccs1. The van der Waals surface area contributed by atoms with Gasteiger partial charge in [-0.1, -0.05) is 25.1 Å². The van der Waals surface area contributed by atoms with E-state index < -0.39 is 0 Å². The number of thiazole rings is 1. The van der Waals surface area contributed by atoms with Gasteiger partial charge in [0.1, 0.15) is 5.01 Å². The molecule has 5 nitrogen and oxygen atoms in total. The lowest BCUT2D eigenvalue weighted by atomic mass is 10.2. The Bertz CT molecular complexity index is 720. The summed E-state index contributed by atoms with van der Waals surface area (Å²) in [6.45, 7) is 2.02. The van der Waals surface area contributed by atoms with Crippen LogP contribution in [0.5, 0.6) is 0 Å². The monoisotopic (exact) mass is 286 g/mol. The van der Waals surface area contributed by atoms with E-state index >= 15 is 0 Å². The summed E-state index contributed by atoms with van der Waals surface area (Å²) in [5, 5.41) is 13.6. The maximum absolute atomic E-state index is 12.4. The Balaban J connectivity index is 1.85. The van der Waals surface area contributed by atoms with Crippen molar-refractivity contribution in [2.24, 2.45) is 0 Å². The van der Waals surface area contributed by atoms with Crippen molar-refractivity contribution in [2.45, 2.75) is 19.4 Å². The third-order valence-electron chi connectivity index (χ3n) is 3.15. The van der Waals surface area contributed by atoms with E-state index in [4.69, 9.17) is 0 Å². The molecule has 0 saturated carbocycles. The molecule has 2 heterocycles. The number of carbonyl (C=O) groups excluding carboxylic acids is 1. The topological polar surface area (TPSA) is 70.7 Å². The first-order chi connectivity index (χ1) is 9.79. The predicted octanol–water partition coefficient (Wildman–Crippen LogP) is 2.90. The van der Waals surface area contributed by atoms with Gasteiger partial charge in [0.05, 0.1) is 11.6 Å². The maximum atomic E-state index is 12.4. The number of hydrogen-bond acceptors (Lipinski definition) is 4. The summed E-state index contributed by atoms with van der Waals surface area (Å²) in [7, 11) is 0. The standard InChI is InChI=1S/C14H14N4OS/c1-2-10(14-15-7-8-20-14)16-13(19)12-9-5-3-4-6-11(9)17-18-12/h3-8,10H,2H2,1H3,(H,16,19)(H,17,18). The van der Waals surface area contributed by atoms with Crippen LogP contribution < -0.4 is 5.32 Å². The third-order valence-corrected chi connectivity index (χ3v) is 4.04. The van der Waals surface area contributed by atoms with E-state index in [0.29, 0.717) is 5.69 Å². The van der Waals surface area contributed by atoms with Crippen LogP contribution in [0.1, 0.15) is 34.9 Å². The fraction of sp³-hybridized carbons (Fsp3) is 0.214. The van der Waals surface area contributed by atoms with Crippen molar-refractivity contribution in [3.8, 4) is 0 Å². The number of benzene rings is 1. The highest BCUT2D eigenvalue weighted by Crippen LogP contribution is 2.21. The number of carbonyl (C=O) groups is 1. The summed E-state index contributed by atoms with van der Waals surface area (Å²) in [6.07, 6.45) is 2.54. The van der Waals surface area contributed by atoms with E-state index in [1.165, 1.54) is 0 Å². The molecule has 0 fully saturated rings. The second kappa shape index (κ2) is 5.42. The first-order valence-electron chi connectivity index (χ1n) is 6.43. The second-order valence-corrected chi connectivity index (χ2v) is 5.35. The summed E-state index contributed by atoms with van der Waals surface area (Å²) in [5.74, 6) is -0.176. The van der Waals surface area contributed by atoms with Crippen LogP contribution in [0.25, 0.3) is 10.9 Å². The molecule has 0 saturated heterocycles. The van der Waals surface area contributed by atoms with Gasteiger partial charge in [-0.2, -0.15) is 5.10 Å². The van der Waals surface area contributed by atoms with E-state index in [9.17, 15) is 4.79 Å². The molecule has 0 aliphatic heterocycles. The molecule has 6 heteroatoms. The van der Waals surface area contributed by atoms with Gasteiger partial charge in [0, 0.05) is 17.0 Å². The number of aromatic nitrogens is 3. The van der Waals surface area contributed by atoms with Gasteiger partial charge in [-0.3, -0.25) is 9.89 Å². The summed E-state index contributed by atoms with van der Waals surface area (Å²) in [6, 6.07) is 7.52. The van der Waals surface area contributed by atoms with Gasteiger partial charge < -0.3 is 5.32 Å². The van der Waals surface area contributed by atoms with E-state index in [1.807, 2.05) is 36.6 Å². The van der Waals surface area contributed by atoms with Crippen LogP contribution in [0, 0.1) is 0 Å². The van der Waals surface area contributed by atoms with Gasteiger partial charge in [-0.15, -0.1) is 11.3 Å². The zero-order chi connectivity index (χ0) is 13.9. The van der Waals surface area contributed by atoms with Gasteiger partial charge in [0.15, 0.2) is 5.69 Å². The average molecular weight is 286 g/mol. The minimum atomic E-state index is -0.176. The molecule has 102 valence electrons. The van der Waals surface area contributed by atoms with E-state index in [2.05, 4.69) is 20.5 Å². The molecule has 1 atom stereocenters. The fourth-order valence-corrected chi connectivity index (χ4v) is 2.88. The Morgan fingerprint density at radius 3 is 3.05 bits per heavy atom. The Morgan fingerprint density at radius 1 is 1.45 bits per heavy atom. The van der Waals surface area contributed by atoms with Crippen LogP contribution in [0.4, 0.5) is 0 Å². The predicted molar refractivity (Wildman–Crippen MR) is 78.7 cm³/mol. The number of H-pyrrole nitrogens is 1. The molecular formula is C14H14N4OS. The van der Waals surface area contributed by atoms with Crippen LogP contribution in [0.2, 0.25) is 0 Å². The van der Waals surface area contributed by atoms with Crippen molar-refractivity contribution in [2.75, 3.05) is 0 Å². The molecule has 1 unspecified atom stereocenters. The van der Waals surface area contributed by atoms with Crippen LogP contribution in [0.15, 0.2) is 35.8 Å². The van der Waals surface area contributed by atoms with Gasteiger partial charge in [0.25, 0.3) is 5.91 Å². The first-order valence-corrected chi connectivity index (χ1v) is 7.31. The largest absolute Gasteiger partial charge is 0.341 e. The van der Waals surface area contributed by atoms with E-state index in [0.717, 1.165) is 22.3 Å². The zero-order valence-electron chi connectivity index (χ0n) is 11.0. The molecule has 3 rings (SSSR count). The molecule has 3 aromatic rings. The summed E-state index contributed by atoms with van der Waals surface area (Å²) in [4.78, 5) is 16.6. The molecule has 1 aromatic carbocycles. The third kappa shape index (κ3) is 2.30. The zero-order valence-corrected chi connectivity index (χ0v) is 11.8. The molecule has 2 aromatic heterocycles. The van der Waals surface area contributed by atoms with Crippen molar-refractivity contribution < 1.29 is 4.79 Å². The highest BCUT2D eigenvalue weighted by Gasteiger charge is 2.19. The van der Waals surface area contributed by atoms with E-state index in [1.54, 1.807) is 17.5 Å². The summed E-state index contributed by atoms with van der Waals surface area (Å²) in [5.41, 5.74) is 1.29. The molecular weight excluding hydrogens is 272 g/mol. The number of aromatic amines is 1. The van der Waals surface area contributed by atoms with Crippen molar-refractivity contribution >= 4 is 28.1 Å². The Labute approximate surface area is 120 Å². The number of fused-ring (bicyclic) bond motifs is 1. The maximum Gasteiger partial charge on any atom is 0.272 e. The number of para-hydroxylation sites is 1.